The van der Waals surface area contributed by atoms with Gasteiger partial charge in [-0.25, -0.2) is 0 Å². The Bertz CT molecular complexity index is 1320. The molecule has 0 unspecified atom stereocenters. The first-order valence-corrected chi connectivity index (χ1v) is 10.8. The van der Waals surface area contributed by atoms with Gasteiger partial charge >= 0.3 is 0 Å². The smallest absolute Gasteiger partial charge is 0.266 e. The predicted octanol–water partition coefficient (Wildman–Crippen LogP) is 4.62. The number of nitrogens with zero attached hydrogens (tertiary/aromatic N) is 2. The Kier molecular flexibility index (Phi) is 5.45. The molecular weight excluding hydrogens is 414 g/mol. The number of hydrogen-bond donors (Lipinski definition) is 1. The molecule has 1 aromatic heterocycles. The fourth-order valence-corrected chi connectivity index (χ4v) is 4.37. The largest absolute Gasteiger partial charge is 0.497 e. The molecule has 6 nitrogen and oxygen atoms in total. The lowest BCUT2D eigenvalue weighted by Crippen LogP contribution is -2.61. The number of aromatic amines is 1. The number of nitriles is 1. The van der Waals surface area contributed by atoms with Crippen molar-refractivity contribution in [2.75, 3.05) is 13.7 Å². The summed E-state index contributed by atoms with van der Waals surface area (Å²) in [5.41, 5.74) is 3.80. The van der Waals surface area contributed by atoms with Crippen LogP contribution in [-0.4, -0.2) is 35.5 Å². The van der Waals surface area contributed by atoms with Crippen molar-refractivity contribution < 1.29 is 14.3 Å². The number of methoxy groups -OCH3 is 1. The van der Waals surface area contributed by atoms with Crippen LogP contribution in [0.3, 0.4) is 0 Å². The standard InChI is InChI=1S/C27H23N3O3/c1-32-21-10-12-22(13-11-21)33-26-25(19-8-6-18(16-28)7-9-19)30(27(26)31)15-14-20-17-29-24-5-3-2-4-23(20)24/h2-13,17,25-26,29H,14-15H2,1H3/t25-,26-/m0/s1. The van der Waals surface area contributed by atoms with Gasteiger partial charge in [0.2, 0.25) is 6.10 Å². The van der Waals surface area contributed by atoms with E-state index in [0.29, 0.717) is 17.9 Å². The third-order valence-corrected chi connectivity index (χ3v) is 6.15. The fourth-order valence-electron chi connectivity index (χ4n) is 4.37. The number of nitrogens with one attached hydrogen (secondary N) is 1. The van der Waals surface area contributed by atoms with Crippen LogP contribution in [0.25, 0.3) is 10.9 Å². The highest BCUT2D eigenvalue weighted by Gasteiger charge is 2.49. The van der Waals surface area contributed by atoms with Crippen molar-refractivity contribution in [2.24, 2.45) is 0 Å². The maximum Gasteiger partial charge on any atom is 0.266 e. The highest BCUT2D eigenvalue weighted by Crippen LogP contribution is 2.38. The first-order valence-electron chi connectivity index (χ1n) is 10.8. The molecule has 1 N–H and O–H groups in total. The number of H-pyrrole nitrogens is 1. The topological polar surface area (TPSA) is 78.3 Å². The molecule has 6 heteroatoms. The first kappa shape index (κ1) is 20.7. The third-order valence-electron chi connectivity index (χ3n) is 6.15. The van der Waals surface area contributed by atoms with Crippen molar-refractivity contribution in [1.29, 1.82) is 5.26 Å². The minimum absolute atomic E-state index is 0.0416. The van der Waals surface area contributed by atoms with Crippen LogP contribution in [-0.2, 0) is 11.2 Å². The van der Waals surface area contributed by atoms with E-state index in [-0.39, 0.29) is 11.9 Å². The zero-order valence-corrected chi connectivity index (χ0v) is 18.2. The normalized spacial score (nSPS) is 17.5. The van der Waals surface area contributed by atoms with Gasteiger partial charge in [0, 0.05) is 23.6 Å². The second-order valence-corrected chi connectivity index (χ2v) is 8.03. The van der Waals surface area contributed by atoms with Gasteiger partial charge in [0.15, 0.2) is 0 Å². The summed E-state index contributed by atoms with van der Waals surface area (Å²) in [4.78, 5) is 18.3. The van der Waals surface area contributed by atoms with Crippen molar-refractivity contribution in [1.82, 2.24) is 9.88 Å². The summed E-state index contributed by atoms with van der Waals surface area (Å²) in [5, 5.41) is 10.3. The van der Waals surface area contributed by atoms with E-state index in [4.69, 9.17) is 14.7 Å². The lowest BCUT2D eigenvalue weighted by molar-refractivity contribution is -0.164. The maximum absolute atomic E-state index is 13.1. The number of benzene rings is 3. The lowest BCUT2D eigenvalue weighted by atomic mass is 9.89. The number of likely N-dealkylation sites (tertiary alicyclic amines) is 1. The molecule has 0 radical (unpaired) electrons. The molecule has 1 fully saturated rings. The number of carbonyl (C=O) groups is 1. The van der Waals surface area contributed by atoms with Gasteiger partial charge in [-0.1, -0.05) is 30.3 Å². The molecule has 1 saturated heterocycles. The van der Waals surface area contributed by atoms with Crippen molar-refractivity contribution in [3.05, 3.63) is 95.7 Å². The molecule has 1 aliphatic rings. The maximum atomic E-state index is 13.1. The van der Waals surface area contributed by atoms with Gasteiger partial charge in [-0.05, 0) is 60.0 Å². The number of fused-ring (bicyclic) bond motifs is 1. The molecular formula is C27H23N3O3. The number of para-hydroxylation sites is 1. The number of aromatic nitrogens is 1. The van der Waals surface area contributed by atoms with E-state index >= 15 is 0 Å². The van der Waals surface area contributed by atoms with Gasteiger partial charge in [0.1, 0.15) is 17.5 Å². The molecule has 33 heavy (non-hydrogen) atoms. The first-order chi connectivity index (χ1) is 16.2. The van der Waals surface area contributed by atoms with Crippen LogP contribution in [0.4, 0.5) is 0 Å². The summed E-state index contributed by atoms with van der Waals surface area (Å²) in [6.45, 7) is 0.577. The van der Waals surface area contributed by atoms with Crippen LogP contribution in [0.2, 0.25) is 0 Å². The number of β-lactam (4-membered cyclic amide) rings is 1. The van der Waals surface area contributed by atoms with Gasteiger partial charge in [-0.15, -0.1) is 0 Å². The molecule has 2 heterocycles. The monoisotopic (exact) mass is 437 g/mol. The van der Waals surface area contributed by atoms with E-state index in [1.165, 1.54) is 10.9 Å². The van der Waals surface area contributed by atoms with Crippen molar-refractivity contribution in [3.63, 3.8) is 0 Å². The Morgan fingerprint density at radius 3 is 2.45 bits per heavy atom. The van der Waals surface area contributed by atoms with E-state index in [2.05, 4.69) is 17.1 Å². The molecule has 1 amide bonds. The van der Waals surface area contributed by atoms with Gasteiger partial charge < -0.3 is 19.4 Å². The van der Waals surface area contributed by atoms with Crippen molar-refractivity contribution in [2.45, 2.75) is 18.6 Å². The number of rotatable bonds is 7. The fraction of sp³-hybridized carbons (Fsp3) is 0.185. The SMILES string of the molecule is COc1ccc(O[C@@H]2C(=O)N(CCc3c[nH]c4ccccc34)[C@H]2c2ccc(C#N)cc2)cc1. The molecule has 1 aliphatic heterocycles. The zero-order valence-electron chi connectivity index (χ0n) is 18.2. The van der Waals surface area contributed by atoms with Crippen LogP contribution in [0.1, 0.15) is 22.7 Å². The number of ether oxygens (including phenoxy) is 2. The predicted molar refractivity (Wildman–Crippen MR) is 125 cm³/mol. The summed E-state index contributed by atoms with van der Waals surface area (Å²) in [6.07, 6.45) is 2.13. The lowest BCUT2D eigenvalue weighted by Gasteiger charge is -2.47. The van der Waals surface area contributed by atoms with E-state index in [9.17, 15) is 4.79 Å². The quantitative estimate of drug-likeness (QED) is 0.428. The van der Waals surface area contributed by atoms with Crippen LogP contribution in [0.15, 0.2) is 79.0 Å². The van der Waals surface area contributed by atoms with Crippen molar-refractivity contribution >= 4 is 16.8 Å². The average Bonchev–Trinajstić information content (AvgIpc) is 3.28. The molecule has 0 spiro atoms. The van der Waals surface area contributed by atoms with E-state index < -0.39 is 6.10 Å². The van der Waals surface area contributed by atoms with Gasteiger partial charge in [-0.2, -0.15) is 5.26 Å². The summed E-state index contributed by atoms with van der Waals surface area (Å²) >= 11 is 0. The summed E-state index contributed by atoms with van der Waals surface area (Å²) < 4.78 is 11.3. The zero-order chi connectivity index (χ0) is 22.8. The molecule has 0 bridgehead atoms. The van der Waals surface area contributed by atoms with Crippen molar-refractivity contribution in [3.8, 4) is 17.6 Å². The van der Waals surface area contributed by atoms with Crippen LogP contribution in [0.5, 0.6) is 11.5 Å². The Balaban J connectivity index is 1.38. The highest BCUT2D eigenvalue weighted by molar-refractivity contribution is 5.89. The van der Waals surface area contributed by atoms with Crippen LogP contribution < -0.4 is 9.47 Å². The summed E-state index contributed by atoms with van der Waals surface area (Å²) in [5.74, 6) is 1.30. The minimum Gasteiger partial charge on any atom is -0.497 e. The molecule has 5 rings (SSSR count). The Hall–Kier alpha value is -4.24. The molecule has 3 aromatic carbocycles. The Morgan fingerprint density at radius 2 is 1.73 bits per heavy atom. The van der Waals surface area contributed by atoms with Crippen LogP contribution in [0, 0.1) is 11.3 Å². The summed E-state index contributed by atoms with van der Waals surface area (Å²) in [7, 11) is 1.61. The Labute approximate surface area is 192 Å². The number of hydrogen-bond acceptors (Lipinski definition) is 4. The summed E-state index contributed by atoms with van der Waals surface area (Å²) in [6, 6.07) is 24.7. The minimum atomic E-state index is -0.616. The third kappa shape index (κ3) is 3.90. The highest BCUT2D eigenvalue weighted by atomic mass is 16.5. The average molecular weight is 437 g/mol. The van der Waals surface area contributed by atoms with Gasteiger partial charge in [0.05, 0.1) is 18.7 Å². The second-order valence-electron chi connectivity index (χ2n) is 8.03. The molecule has 164 valence electrons. The van der Waals surface area contributed by atoms with Gasteiger partial charge in [-0.3, -0.25) is 4.79 Å². The Morgan fingerprint density at radius 1 is 1.00 bits per heavy atom. The molecule has 0 aliphatic carbocycles. The van der Waals surface area contributed by atoms with Crippen LogP contribution >= 0.6 is 0 Å². The number of carbonyl (C=O) groups excluding carboxylic acids is 1. The van der Waals surface area contributed by atoms with E-state index in [0.717, 1.165) is 23.3 Å². The second kappa shape index (κ2) is 8.71. The molecule has 2 atom stereocenters. The van der Waals surface area contributed by atoms with Gasteiger partial charge in [0.25, 0.3) is 5.91 Å². The van der Waals surface area contributed by atoms with E-state index in [1.807, 2.05) is 53.6 Å². The molecule has 4 aromatic rings. The van der Waals surface area contributed by atoms with E-state index in [1.54, 1.807) is 31.4 Å². The number of amides is 1. The molecule has 0 saturated carbocycles.